The molecule has 1 N–H and O–H groups in total. The topological polar surface area (TPSA) is 103 Å². The molecule has 0 aromatic carbocycles. The summed E-state index contributed by atoms with van der Waals surface area (Å²) in [6.45, 7) is 1.77. The molecule has 6 nitrogen and oxygen atoms in total. The molecule has 0 amide bonds. The average molecular weight is 218 g/mol. The third-order valence-electron chi connectivity index (χ3n) is 2.82. The van der Waals surface area contributed by atoms with Crippen molar-refractivity contribution in [2.75, 3.05) is 0 Å². The van der Waals surface area contributed by atoms with Gasteiger partial charge in [-0.3, -0.25) is 4.98 Å². The third kappa shape index (κ3) is 1.31. The standard InChI is InChI=1S/C10H10N4O2/c1-6-2-3-7-4-5-10(9(15)16,13-14-11)8(7)12-6/h2-3,11H,4-5H2,1H3. The number of aliphatic carboxylic acids is 1. The van der Waals surface area contributed by atoms with Crippen LogP contribution in [0.2, 0.25) is 0 Å². The van der Waals surface area contributed by atoms with Gasteiger partial charge in [0.1, 0.15) is 10.6 Å². The van der Waals surface area contributed by atoms with E-state index < -0.39 is 11.5 Å². The van der Waals surface area contributed by atoms with Crippen molar-refractivity contribution in [3.8, 4) is 0 Å². The van der Waals surface area contributed by atoms with Crippen LogP contribution in [-0.4, -0.2) is 11.0 Å². The second-order valence-electron chi connectivity index (χ2n) is 3.81. The molecular weight excluding hydrogens is 208 g/mol. The highest BCUT2D eigenvalue weighted by atomic mass is 16.4. The van der Waals surface area contributed by atoms with E-state index in [9.17, 15) is 9.90 Å². The summed E-state index contributed by atoms with van der Waals surface area (Å²) < 4.78 is 0. The molecule has 0 spiro atoms. The van der Waals surface area contributed by atoms with Crippen molar-refractivity contribution in [2.24, 2.45) is 5.11 Å². The van der Waals surface area contributed by atoms with Crippen LogP contribution in [0, 0.1) is 12.5 Å². The van der Waals surface area contributed by atoms with Crippen molar-refractivity contribution >= 4 is 5.97 Å². The second kappa shape index (κ2) is 3.50. The van der Waals surface area contributed by atoms with E-state index in [1.165, 1.54) is 0 Å². The molecule has 1 aromatic heterocycles. The molecule has 0 fully saturated rings. The summed E-state index contributed by atoms with van der Waals surface area (Å²) in [5.74, 6) is -1.35. The highest BCUT2D eigenvalue weighted by Gasteiger charge is 2.47. The Morgan fingerprint density at radius 1 is 1.69 bits per heavy atom. The fourth-order valence-corrected chi connectivity index (χ4v) is 2.00. The lowest BCUT2D eigenvalue weighted by atomic mass is 9.98. The van der Waals surface area contributed by atoms with Crippen molar-refractivity contribution in [2.45, 2.75) is 25.3 Å². The molecule has 16 heavy (non-hydrogen) atoms. The maximum absolute atomic E-state index is 11.2. The number of carboxylic acid groups (broad SMARTS) is 1. The molecular formula is C10H10N4O2. The van der Waals surface area contributed by atoms with Gasteiger partial charge in [0.25, 0.3) is 0 Å². The Labute approximate surface area is 91.6 Å². The summed E-state index contributed by atoms with van der Waals surface area (Å²) in [5.41, 5.74) is 7.07. The van der Waals surface area contributed by atoms with E-state index in [0.717, 1.165) is 5.56 Å². The summed E-state index contributed by atoms with van der Waals surface area (Å²) in [4.78, 5) is 18.2. The zero-order chi connectivity index (χ0) is 11.8. The SMILES string of the molecule is Cc1ccc2c(n1)C(N=[N+]=N)(C(=O)[O-])CC2. The predicted octanol–water partition coefficient (Wildman–Crippen LogP) is -0.168. The molecule has 0 saturated heterocycles. The number of hydrogen-bond donors (Lipinski definition) is 1. The van der Waals surface area contributed by atoms with Gasteiger partial charge < -0.3 is 9.90 Å². The number of aromatic nitrogens is 1. The number of fused-ring (bicyclic) bond motifs is 1. The van der Waals surface area contributed by atoms with Crippen LogP contribution in [0.25, 0.3) is 0 Å². The van der Waals surface area contributed by atoms with E-state index >= 15 is 0 Å². The first-order valence-electron chi connectivity index (χ1n) is 4.87. The van der Waals surface area contributed by atoms with Crippen LogP contribution in [0.15, 0.2) is 17.2 Å². The largest absolute Gasteiger partial charge is 0.547 e. The predicted molar refractivity (Wildman–Crippen MR) is 51.3 cm³/mol. The molecule has 1 atom stereocenters. The van der Waals surface area contributed by atoms with Gasteiger partial charge >= 0.3 is 0 Å². The monoisotopic (exact) mass is 218 g/mol. The van der Waals surface area contributed by atoms with Crippen molar-refractivity contribution in [3.05, 3.63) is 29.1 Å². The van der Waals surface area contributed by atoms with Gasteiger partial charge in [-0.05, 0) is 31.4 Å². The Balaban J connectivity index is 2.67. The highest BCUT2D eigenvalue weighted by molar-refractivity contribution is 5.80. The quantitative estimate of drug-likeness (QED) is 0.550. The first kappa shape index (κ1) is 10.4. The van der Waals surface area contributed by atoms with Crippen LogP contribution < -0.4 is 10.0 Å². The Hall–Kier alpha value is -2.07. The van der Waals surface area contributed by atoms with Crippen molar-refractivity contribution < 1.29 is 9.90 Å². The van der Waals surface area contributed by atoms with Crippen LogP contribution in [0.1, 0.15) is 23.4 Å². The van der Waals surface area contributed by atoms with Gasteiger partial charge in [0.05, 0.1) is 11.7 Å². The minimum absolute atomic E-state index is 0.253. The molecule has 1 unspecified atom stereocenters. The van der Waals surface area contributed by atoms with E-state index in [1.54, 1.807) is 6.92 Å². The normalized spacial score (nSPS) is 22.3. The summed E-state index contributed by atoms with van der Waals surface area (Å²) in [5, 5.41) is 14.7. The fourth-order valence-electron chi connectivity index (χ4n) is 2.00. The van der Waals surface area contributed by atoms with E-state index in [4.69, 9.17) is 5.53 Å². The van der Waals surface area contributed by atoms with Gasteiger partial charge in [0.15, 0.2) is 0 Å². The van der Waals surface area contributed by atoms with Gasteiger partial charge in [0.2, 0.25) is 10.5 Å². The minimum Gasteiger partial charge on any atom is -0.547 e. The summed E-state index contributed by atoms with van der Waals surface area (Å²) in [6, 6.07) is 3.66. The van der Waals surface area contributed by atoms with Gasteiger partial charge in [-0.25, -0.2) is 0 Å². The Bertz CT molecular complexity index is 504. The van der Waals surface area contributed by atoms with Crippen LogP contribution >= 0.6 is 0 Å². The number of carboxylic acids is 1. The molecule has 6 heteroatoms. The van der Waals surface area contributed by atoms with Crippen LogP contribution in [-0.2, 0) is 16.8 Å². The zero-order valence-corrected chi connectivity index (χ0v) is 8.73. The van der Waals surface area contributed by atoms with Crippen molar-refractivity contribution in [1.29, 1.82) is 5.53 Å². The number of nitrogens with one attached hydrogen (secondary N) is 1. The molecule has 0 bridgehead atoms. The van der Waals surface area contributed by atoms with Crippen LogP contribution in [0.4, 0.5) is 0 Å². The lowest BCUT2D eigenvalue weighted by Gasteiger charge is -2.18. The third-order valence-corrected chi connectivity index (χ3v) is 2.82. The summed E-state index contributed by atoms with van der Waals surface area (Å²) in [6.07, 6.45) is 0.819. The number of aryl methyl sites for hydroxylation is 2. The molecule has 0 saturated carbocycles. The molecule has 1 heterocycles. The van der Waals surface area contributed by atoms with Gasteiger partial charge in [0, 0.05) is 5.69 Å². The van der Waals surface area contributed by atoms with Crippen molar-refractivity contribution in [3.63, 3.8) is 0 Å². The average Bonchev–Trinajstić information content (AvgIpc) is 2.59. The smallest absolute Gasteiger partial charge is 0.225 e. The van der Waals surface area contributed by atoms with Gasteiger partial charge in [-0.2, -0.15) is 0 Å². The molecule has 2 rings (SSSR count). The lowest BCUT2D eigenvalue weighted by Crippen LogP contribution is -2.43. The summed E-state index contributed by atoms with van der Waals surface area (Å²) in [7, 11) is 0. The fraction of sp³-hybridized carbons (Fsp3) is 0.400. The minimum atomic E-state index is -1.57. The molecule has 1 aliphatic carbocycles. The molecule has 0 radical (unpaired) electrons. The number of carbonyl (C=O) groups excluding carboxylic acids is 1. The molecule has 82 valence electrons. The maximum Gasteiger partial charge on any atom is 0.225 e. The number of hydrogen-bond acceptors (Lipinski definition) is 5. The Morgan fingerprint density at radius 3 is 3.06 bits per heavy atom. The molecule has 1 aromatic rings. The second-order valence-corrected chi connectivity index (χ2v) is 3.81. The number of carbonyl (C=O) groups is 1. The van der Waals surface area contributed by atoms with Gasteiger partial charge in [-0.1, -0.05) is 6.07 Å². The number of nitrogens with zero attached hydrogens (tertiary/aromatic N) is 3. The summed E-state index contributed by atoms with van der Waals surface area (Å²) >= 11 is 0. The number of pyridine rings is 1. The first-order valence-corrected chi connectivity index (χ1v) is 4.87. The Morgan fingerprint density at radius 2 is 2.44 bits per heavy atom. The molecule has 0 aliphatic heterocycles. The number of rotatable bonds is 2. The molecule has 1 aliphatic rings. The van der Waals surface area contributed by atoms with Crippen LogP contribution in [0.3, 0.4) is 0 Å². The highest BCUT2D eigenvalue weighted by Crippen LogP contribution is 2.38. The zero-order valence-electron chi connectivity index (χ0n) is 8.73. The van der Waals surface area contributed by atoms with E-state index in [-0.39, 0.29) is 6.42 Å². The lowest BCUT2D eigenvalue weighted by molar-refractivity contribution is -0.314. The van der Waals surface area contributed by atoms with E-state index in [1.807, 2.05) is 12.1 Å². The van der Waals surface area contributed by atoms with E-state index in [2.05, 4.69) is 15.0 Å². The van der Waals surface area contributed by atoms with Gasteiger partial charge in [-0.15, -0.1) is 0 Å². The van der Waals surface area contributed by atoms with E-state index in [0.29, 0.717) is 17.8 Å². The maximum atomic E-state index is 11.2. The van der Waals surface area contributed by atoms with Crippen molar-refractivity contribution in [1.82, 2.24) is 9.90 Å². The first-order chi connectivity index (χ1) is 7.60. The van der Waals surface area contributed by atoms with Crippen LogP contribution in [0.5, 0.6) is 0 Å². The Kier molecular flexibility index (Phi) is 2.29.